The second kappa shape index (κ2) is 6.69. The molecular formula is C19H17ClN4O. The van der Waals surface area contributed by atoms with Crippen LogP contribution in [0.3, 0.4) is 0 Å². The summed E-state index contributed by atoms with van der Waals surface area (Å²) in [5.74, 6) is 0.0617. The van der Waals surface area contributed by atoms with E-state index in [1.807, 2.05) is 47.4 Å². The van der Waals surface area contributed by atoms with Gasteiger partial charge in [0.25, 0.3) is 0 Å². The Morgan fingerprint density at radius 1 is 1.20 bits per heavy atom. The van der Waals surface area contributed by atoms with Gasteiger partial charge in [0.1, 0.15) is 6.04 Å². The number of halogens is 1. The van der Waals surface area contributed by atoms with Gasteiger partial charge < -0.3 is 9.88 Å². The fourth-order valence-corrected chi connectivity index (χ4v) is 3.39. The van der Waals surface area contributed by atoms with Gasteiger partial charge in [0, 0.05) is 29.9 Å². The molecule has 1 aliphatic rings. The normalized spacial score (nSPS) is 16.5. The number of carbonyl (C=O) groups is 1. The summed E-state index contributed by atoms with van der Waals surface area (Å²) >= 11 is 5.93. The zero-order valence-electron chi connectivity index (χ0n) is 13.5. The van der Waals surface area contributed by atoms with Crippen molar-refractivity contribution < 1.29 is 4.79 Å². The number of aromatic nitrogens is 3. The number of H-pyrrole nitrogens is 1. The van der Waals surface area contributed by atoms with Crippen molar-refractivity contribution in [1.29, 1.82) is 0 Å². The summed E-state index contributed by atoms with van der Waals surface area (Å²) in [7, 11) is 0. The van der Waals surface area contributed by atoms with Gasteiger partial charge in [0.05, 0.1) is 24.1 Å². The summed E-state index contributed by atoms with van der Waals surface area (Å²) in [4.78, 5) is 27.0. The fraction of sp³-hybridized carbons (Fsp3) is 0.211. The summed E-state index contributed by atoms with van der Waals surface area (Å²) in [5.41, 5.74) is 3.74. The molecule has 0 unspecified atom stereocenters. The van der Waals surface area contributed by atoms with Gasteiger partial charge >= 0.3 is 0 Å². The van der Waals surface area contributed by atoms with Gasteiger partial charge in [0.2, 0.25) is 5.91 Å². The van der Waals surface area contributed by atoms with Crippen molar-refractivity contribution in [1.82, 2.24) is 19.9 Å². The summed E-state index contributed by atoms with van der Waals surface area (Å²) in [5, 5.41) is 0.668. The topological polar surface area (TPSA) is 61.9 Å². The zero-order valence-corrected chi connectivity index (χ0v) is 14.3. The molecule has 1 aromatic carbocycles. The standard InChI is InChI=1S/C19H17ClN4O/c20-14-6-4-13(5-7-14)11-17(25)24-10-8-15-18(23-12-22-15)19(24)16-3-1-2-9-21-16/h1-7,9,12,19H,8,10-11H2,(H,22,23)/t19-/m0/s1. The molecule has 0 fully saturated rings. The monoisotopic (exact) mass is 352 g/mol. The van der Waals surface area contributed by atoms with Gasteiger partial charge in [-0.15, -0.1) is 0 Å². The number of nitrogens with one attached hydrogen (secondary N) is 1. The largest absolute Gasteiger partial charge is 0.348 e. The number of fused-ring (bicyclic) bond motifs is 1. The van der Waals surface area contributed by atoms with Crippen LogP contribution in [-0.4, -0.2) is 32.3 Å². The summed E-state index contributed by atoms with van der Waals surface area (Å²) in [6, 6.07) is 12.9. The minimum Gasteiger partial charge on any atom is -0.348 e. The third kappa shape index (κ3) is 3.15. The van der Waals surface area contributed by atoms with E-state index in [4.69, 9.17) is 11.6 Å². The number of benzene rings is 1. The average Bonchev–Trinajstić information content (AvgIpc) is 3.12. The van der Waals surface area contributed by atoms with Crippen molar-refractivity contribution in [2.24, 2.45) is 0 Å². The Labute approximate surface area is 150 Å². The van der Waals surface area contributed by atoms with Crippen LogP contribution in [0.15, 0.2) is 55.0 Å². The maximum atomic E-state index is 13.0. The van der Waals surface area contributed by atoms with Crippen LogP contribution in [0.2, 0.25) is 5.02 Å². The first-order valence-corrected chi connectivity index (χ1v) is 8.57. The van der Waals surface area contributed by atoms with Crippen LogP contribution >= 0.6 is 11.6 Å². The first-order valence-electron chi connectivity index (χ1n) is 8.19. The SMILES string of the molecule is O=C(Cc1ccc(Cl)cc1)N1CCc2[nH]cnc2[C@@H]1c1ccccn1. The molecular weight excluding hydrogens is 336 g/mol. The number of nitrogens with zero attached hydrogens (tertiary/aromatic N) is 3. The third-order valence-electron chi connectivity index (χ3n) is 4.48. The Kier molecular flexibility index (Phi) is 4.24. The number of rotatable bonds is 3. The molecule has 25 heavy (non-hydrogen) atoms. The number of pyridine rings is 1. The smallest absolute Gasteiger partial charge is 0.227 e. The van der Waals surface area contributed by atoms with Gasteiger partial charge in [-0.05, 0) is 29.8 Å². The van der Waals surface area contributed by atoms with E-state index < -0.39 is 0 Å². The molecule has 1 atom stereocenters. The summed E-state index contributed by atoms with van der Waals surface area (Å²) in [6.07, 6.45) is 4.54. The molecule has 1 N–H and O–H groups in total. The van der Waals surface area contributed by atoms with Gasteiger partial charge in [0.15, 0.2) is 0 Å². The van der Waals surface area contributed by atoms with Gasteiger partial charge in [-0.25, -0.2) is 4.98 Å². The lowest BCUT2D eigenvalue weighted by Crippen LogP contribution is -2.41. The maximum absolute atomic E-state index is 13.0. The molecule has 3 aromatic rings. The van der Waals surface area contributed by atoms with Crippen LogP contribution in [0.4, 0.5) is 0 Å². The van der Waals surface area contributed by atoms with Crippen molar-refractivity contribution in [3.63, 3.8) is 0 Å². The average molecular weight is 353 g/mol. The minimum absolute atomic E-state index is 0.0617. The Balaban J connectivity index is 1.65. The van der Waals surface area contributed by atoms with E-state index >= 15 is 0 Å². The summed E-state index contributed by atoms with van der Waals surface area (Å²) < 4.78 is 0. The second-order valence-corrected chi connectivity index (χ2v) is 6.50. The van der Waals surface area contributed by atoms with Gasteiger partial charge in [-0.1, -0.05) is 29.8 Å². The number of imidazole rings is 1. The predicted octanol–water partition coefficient (Wildman–Crippen LogP) is 3.17. The van der Waals surface area contributed by atoms with E-state index in [9.17, 15) is 4.79 Å². The molecule has 6 heteroatoms. The molecule has 1 aliphatic heterocycles. The van der Waals surface area contributed by atoms with Crippen molar-refractivity contribution in [3.8, 4) is 0 Å². The lowest BCUT2D eigenvalue weighted by molar-refractivity contribution is -0.132. The maximum Gasteiger partial charge on any atom is 0.227 e. The van der Waals surface area contributed by atoms with Crippen LogP contribution in [0.1, 0.15) is 28.7 Å². The van der Waals surface area contributed by atoms with E-state index in [1.54, 1.807) is 12.5 Å². The molecule has 2 aromatic heterocycles. The van der Waals surface area contributed by atoms with Crippen LogP contribution in [0.5, 0.6) is 0 Å². The molecule has 0 saturated carbocycles. The molecule has 3 heterocycles. The molecule has 5 nitrogen and oxygen atoms in total. The molecule has 0 aliphatic carbocycles. The Hall–Kier alpha value is -2.66. The Morgan fingerprint density at radius 3 is 2.80 bits per heavy atom. The van der Waals surface area contributed by atoms with Crippen molar-refractivity contribution >= 4 is 17.5 Å². The highest BCUT2D eigenvalue weighted by Gasteiger charge is 2.34. The van der Waals surface area contributed by atoms with Crippen LogP contribution in [-0.2, 0) is 17.6 Å². The number of hydrogen-bond donors (Lipinski definition) is 1. The first-order chi connectivity index (χ1) is 12.2. The number of carbonyl (C=O) groups excluding carboxylic acids is 1. The zero-order chi connectivity index (χ0) is 17.2. The predicted molar refractivity (Wildman–Crippen MR) is 95.2 cm³/mol. The number of aromatic amines is 1. The third-order valence-corrected chi connectivity index (χ3v) is 4.73. The van der Waals surface area contributed by atoms with Gasteiger partial charge in [-0.3, -0.25) is 9.78 Å². The lowest BCUT2D eigenvalue weighted by atomic mass is 9.98. The molecule has 0 radical (unpaired) electrons. The van der Waals surface area contributed by atoms with Gasteiger partial charge in [-0.2, -0.15) is 0 Å². The van der Waals surface area contributed by atoms with Crippen molar-refractivity contribution in [2.45, 2.75) is 18.9 Å². The molecule has 4 rings (SSSR count). The molecule has 126 valence electrons. The number of hydrogen-bond acceptors (Lipinski definition) is 3. The fourth-order valence-electron chi connectivity index (χ4n) is 3.26. The van der Waals surface area contributed by atoms with Crippen LogP contribution in [0.25, 0.3) is 0 Å². The van der Waals surface area contributed by atoms with Crippen LogP contribution < -0.4 is 0 Å². The van der Waals surface area contributed by atoms with Crippen LogP contribution in [0, 0.1) is 0 Å². The van der Waals surface area contributed by atoms with E-state index in [0.717, 1.165) is 29.1 Å². The van der Waals surface area contributed by atoms with E-state index in [-0.39, 0.29) is 11.9 Å². The number of amides is 1. The Bertz CT molecular complexity index is 876. The summed E-state index contributed by atoms with van der Waals surface area (Å²) in [6.45, 7) is 0.642. The lowest BCUT2D eigenvalue weighted by Gasteiger charge is -2.34. The minimum atomic E-state index is -0.254. The van der Waals surface area contributed by atoms with E-state index in [1.165, 1.54) is 0 Å². The quantitative estimate of drug-likeness (QED) is 0.787. The second-order valence-electron chi connectivity index (χ2n) is 6.06. The van der Waals surface area contributed by atoms with Crippen molar-refractivity contribution in [3.05, 3.63) is 82.7 Å². The Morgan fingerprint density at radius 2 is 2.04 bits per heavy atom. The highest BCUT2D eigenvalue weighted by atomic mass is 35.5. The molecule has 0 bridgehead atoms. The first kappa shape index (κ1) is 15.8. The highest BCUT2D eigenvalue weighted by Crippen LogP contribution is 2.32. The molecule has 1 amide bonds. The van der Waals surface area contributed by atoms with E-state index in [2.05, 4.69) is 15.0 Å². The van der Waals surface area contributed by atoms with Crippen molar-refractivity contribution in [2.75, 3.05) is 6.54 Å². The molecule has 0 saturated heterocycles. The van der Waals surface area contributed by atoms with E-state index in [0.29, 0.717) is 18.0 Å². The highest BCUT2D eigenvalue weighted by molar-refractivity contribution is 6.30. The molecule has 0 spiro atoms.